The van der Waals surface area contributed by atoms with E-state index < -0.39 is 0 Å². The van der Waals surface area contributed by atoms with Gasteiger partial charge in [0.05, 0.1) is 24.9 Å². The Morgan fingerprint density at radius 3 is 2.74 bits per heavy atom. The van der Waals surface area contributed by atoms with Gasteiger partial charge in [0, 0.05) is 22.8 Å². The van der Waals surface area contributed by atoms with Crippen molar-refractivity contribution in [2.45, 2.75) is 13.3 Å². The van der Waals surface area contributed by atoms with Gasteiger partial charge in [0.15, 0.2) is 5.13 Å². The van der Waals surface area contributed by atoms with Crippen LogP contribution in [0.4, 0.5) is 5.13 Å². The Morgan fingerprint density at radius 1 is 1.19 bits per heavy atom. The Hall–Kier alpha value is -3.19. The quantitative estimate of drug-likeness (QED) is 0.571. The van der Waals surface area contributed by atoms with Gasteiger partial charge < -0.3 is 14.5 Å². The lowest BCUT2D eigenvalue weighted by atomic mass is 10.1. The molecule has 0 spiro atoms. The lowest BCUT2D eigenvalue weighted by Gasteiger charge is -2.02. The zero-order valence-corrected chi connectivity index (χ0v) is 15.8. The minimum Gasteiger partial charge on any atom is -0.497 e. The van der Waals surface area contributed by atoms with E-state index in [1.807, 2.05) is 66.2 Å². The molecule has 0 fully saturated rings. The highest BCUT2D eigenvalue weighted by Gasteiger charge is 2.13. The number of ether oxygens (including phenoxy) is 1. The fourth-order valence-electron chi connectivity index (χ4n) is 2.87. The third kappa shape index (κ3) is 3.68. The number of fused-ring (bicyclic) bond motifs is 1. The Kier molecular flexibility index (Phi) is 4.60. The van der Waals surface area contributed by atoms with Gasteiger partial charge in [0.25, 0.3) is 0 Å². The molecule has 6 nitrogen and oxygen atoms in total. The molecule has 0 radical (unpaired) electrons. The fraction of sp³-hybridized carbons (Fsp3) is 0.150. The molecular formula is C20H18N4O2S. The van der Waals surface area contributed by atoms with Crippen LogP contribution in [0.5, 0.6) is 5.75 Å². The van der Waals surface area contributed by atoms with Gasteiger partial charge in [-0.15, -0.1) is 11.3 Å². The minimum absolute atomic E-state index is 0.131. The molecule has 27 heavy (non-hydrogen) atoms. The molecule has 1 amide bonds. The van der Waals surface area contributed by atoms with Crippen molar-refractivity contribution in [1.29, 1.82) is 0 Å². The number of hydrogen-bond acceptors (Lipinski definition) is 5. The van der Waals surface area contributed by atoms with Crippen molar-refractivity contribution in [2.24, 2.45) is 0 Å². The summed E-state index contributed by atoms with van der Waals surface area (Å²) in [5.74, 6) is 0.668. The van der Waals surface area contributed by atoms with E-state index in [2.05, 4.69) is 15.3 Å². The Balaban J connectivity index is 1.48. The number of hydrogen-bond donors (Lipinski definition) is 1. The van der Waals surface area contributed by atoms with Crippen LogP contribution in [0.25, 0.3) is 16.9 Å². The van der Waals surface area contributed by atoms with E-state index >= 15 is 0 Å². The smallest absolute Gasteiger partial charge is 0.232 e. The van der Waals surface area contributed by atoms with Gasteiger partial charge in [-0.05, 0) is 43.3 Å². The van der Waals surface area contributed by atoms with Crippen molar-refractivity contribution in [3.8, 4) is 17.0 Å². The first-order valence-corrected chi connectivity index (χ1v) is 9.28. The standard InChI is InChI=1S/C20H18N4O2S/c1-13-19(14-6-8-16(26-2)9-7-14)23-20(27-13)22-18(25)11-15-12-24-10-4-3-5-17(24)21-15/h3-10,12H,11H2,1-2H3,(H,22,23,25). The first-order chi connectivity index (χ1) is 13.1. The van der Waals surface area contributed by atoms with Gasteiger partial charge in [-0.1, -0.05) is 6.07 Å². The molecule has 0 saturated heterocycles. The number of amides is 1. The van der Waals surface area contributed by atoms with E-state index in [1.54, 1.807) is 7.11 Å². The molecule has 0 aliphatic rings. The second kappa shape index (κ2) is 7.20. The van der Waals surface area contributed by atoms with Crippen LogP contribution in [-0.4, -0.2) is 27.4 Å². The van der Waals surface area contributed by atoms with E-state index in [-0.39, 0.29) is 12.3 Å². The van der Waals surface area contributed by atoms with Gasteiger partial charge in [0.1, 0.15) is 11.4 Å². The molecule has 1 N–H and O–H groups in total. The number of carbonyl (C=O) groups excluding carboxylic acids is 1. The minimum atomic E-state index is -0.131. The molecule has 7 heteroatoms. The summed E-state index contributed by atoms with van der Waals surface area (Å²) in [6.07, 6.45) is 3.98. The third-order valence-electron chi connectivity index (χ3n) is 4.16. The summed E-state index contributed by atoms with van der Waals surface area (Å²) in [6, 6.07) is 13.5. The predicted molar refractivity (Wildman–Crippen MR) is 106 cm³/mol. The molecule has 3 aromatic heterocycles. The summed E-state index contributed by atoms with van der Waals surface area (Å²) >= 11 is 1.46. The van der Waals surface area contributed by atoms with Crippen LogP contribution in [0.1, 0.15) is 10.6 Å². The van der Waals surface area contributed by atoms with Gasteiger partial charge in [0.2, 0.25) is 5.91 Å². The Bertz CT molecular complexity index is 1070. The molecule has 0 atom stereocenters. The average molecular weight is 378 g/mol. The fourth-order valence-corrected chi connectivity index (χ4v) is 3.72. The van der Waals surface area contributed by atoms with Crippen molar-refractivity contribution in [3.05, 3.63) is 65.4 Å². The van der Waals surface area contributed by atoms with Gasteiger partial charge >= 0.3 is 0 Å². The van der Waals surface area contributed by atoms with Crippen molar-refractivity contribution < 1.29 is 9.53 Å². The lowest BCUT2D eigenvalue weighted by molar-refractivity contribution is -0.115. The van der Waals surface area contributed by atoms with E-state index in [9.17, 15) is 4.79 Å². The SMILES string of the molecule is COc1ccc(-c2nc(NC(=O)Cc3cn4ccccc4n3)sc2C)cc1. The number of thiazole rings is 1. The zero-order valence-electron chi connectivity index (χ0n) is 15.0. The maximum absolute atomic E-state index is 12.4. The van der Waals surface area contributed by atoms with Crippen molar-refractivity contribution in [3.63, 3.8) is 0 Å². The van der Waals surface area contributed by atoms with E-state index in [0.717, 1.165) is 33.2 Å². The second-order valence-electron chi connectivity index (χ2n) is 6.08. The average Bonchev–Trinajstić information content (AvgIpc) is 3.24. The highest BCUT2D eigenvalue weighted by molar-refractivity contribution is 7.16. The summed E-state index contributed by atoms with van der Waals surface area (Å²) in [5, 5.41) is 3.47. The number of aryl methyl sites for hydroxylation is 1. The molecule has 0 unspecified atom stereocenters. The first-order valence-electron chi connectivity index (χ1n) is 8.47. The van der Waals surface area contributed by atoms with E-state index in [4.69, 9.17) is 4.74 Å². The number of aromatic nitrogens is 3. The van der Waals surface area contributed by atoms with Crippen LogP contribution in [0.2, 0.25) is 0 Å². The van der Waals surface area contributed by atoms with Crippen molar-refractivity contribution >= 4 is 28.0 Å². The Morgan fingerprint density at radius 2 is 2.00 bits per heavy atom. The summed E-state index contributed by atoms with van der Waals surface area (Å²) in [7, 11) is 1.64. The van der Waals surface area contributed by atoms with E-state index in [0.29, 0.717) is 5.13 Å². The molecular weight excluding hydrogens is 360 g/mol. The number of benzene rings is 1. The number of imidazole rings is 1. The van der Waals surface area contributed by atoms with Crippen LogP contribution in [0.3, 0.4) is 0 Å². The van der Waals surface area contributed by atoms with Crippen LogP contribution in [0.15, 0.2) is 54.9 Å². The largest absolute Gasteiger partial charge is 0.497 e. The highest BCUT2D eigenvalue weighted by Crippen LogP contribution is 2.31. The maximum atomic E-state index is 12.4. The predicted octanol–water partition coefficient (Wildman–Crippen LogP) is 3.96. The van der Waals surface area contributed by atoms with Crippen molar-refractivity contribution in [1.82, 2.24) is 14.4 Å². The summed E-state index contributed by atoms with van der Waals surface area (Å²) in [5.41, 5.74) is 3.41. The zero-order chi connectivity index (χ0) is 18.8. The van der Waals surface area contributed by atoms with Crippen LogP contribution in [0, 0.1) is 6.92 Å². The number of anilines is 1. The number of rotatable bonds is 5. The molecule has 0 aliphatic heterocycles. The third-order valence-corrected chi connectivity index (χ3v) is 5.05. The monoisotopic (exact) mass is 378 g/mol. The number of nitrogens with one attached hydrogen (secondary N) is 1. The van der Waals surface area contributed by atoms with Crippen LogP contribution in [-0.2, 0) is 11.2 Å². The molecule has 0 aliphatic carbocycles. The Labute approximate surface area is 160 Å². The lowest BCUT2D eigenvalue weighted by Crippen LogP contribution is -2.14. The maximum Gasteiger partial charge on any atom is 0.232 e. The summed E-state index contributed by atoms with van der Waals surface area (Å²) in [6.45, 7) is 2.00. The molecule has 4 aromatic rings. The number of carbonyl (C=O) groups is 1. The second-order valence-corrected chi connectivity index (χ2v) is 7.28. The van der Waals surface area contributed by atoms with Gasteiger partial charge in [-0.2, -0.15) is 0 Å². The topological polar surface area (TPSA) is 68.5 Å². The first kappa shape index (κ1) is 17.2. The van der Waals surface area contributed by atoms with Crippen LogP contribution >= 0.6 is 11.3 Å². The number of methoxy groups -OCH3 is 1. The van der Waals surface area contributed by atoms with Crippen LogP contribution < -0.4 is 10.1 Å². The van der Waals surface area contributed by atoms with Gasteiger partial charge in [-0.3, -0.25) is 4.79 Å². The summed E-state index contributed by atoms with van der Waals surface area (Å²) < 4.78 is 7.09. The van der Waals surface area contributed by atoms with Crippen molar-refractivity contribution in [2.75, 3.05) is 12.4 Å². The summed E-state index contributed by atoms with van der Waals surface area (Å²) in [4.78, 5) is 22.5. The van der Waals surface area contributed by atoms with Gasteiger partial charge in [-0.25, -0.2) is 9.97 Å². The highest BCUT2D eigenvalue weighted by atomic mass is 32.1. The normalized spacial score (nSPS) is 10.9. The molecule has 3 heterocycles. The molecule has 1 aromatic carbocycles. The molecule has 136 valence electrons. The number of nitrogens with zero attached hydrogens (tertiary/aromatic N) is 3. The molecule has 4 rings (SSSR count). The van der Waals surface area contributed by atoms with E-state index in [1.165, 1.54) is 11.3 Å². The number of pyridine rings is 1. The molecule has 0 bridgehead atoms. The molecule has 0 saturated carbocycles.